The van der Waals surface area contributed by atoms with Crippen molar-refractivity contribution < 1.29 is 14.3 Å². The van der Waals surface area contributed by atoms with Gasteiger partial charge in [0.15, 0.2) is 11.5 Å². The number of hydrogen-bond donors (Lipinski definition) is 1. The van der Waals surface area contributed by atoms with Gasteiger partial charge in [-0.1, -0.05) is 18.2 Å². The second kappa shape index (κ2) is 8.61. The Labute approximate surface area is 184 Å². The van der Waals surface area contributed by atoms with E-state index in [2.05, 4.69) is 10.4 Å². The molecule has 0 aliphatic heterocycles. The van der Waals surface area contributed by atoms with Crippen LogP contribution in [0, 0.1) is 13.8 Å². The SMILES string of the molecule is COc1ccc(-c2csc(-n3nc(C)cc3NC(=O)c3ccccc3C)n2)cc1OC. The number of methoxy groups -OCH3 is 2. The molecule has 0 unspecified atom stereocenters. The average molecular weight is 435 g/mol. The second-order valence-electron chi connectivity index (χ2n) is 6.94. The number of anilines is 1. The van der Waals surface area contributed by atoms with Crippen molar-refractivity contribution in [3.8, 4) is 27.9 Å². The average Bonchev–Trinajstić information content (AvgIpc) is 3.40. The molecule has 0 saturated heterocycles. The molecule has 2 aromatic heterocycles. The lowest BCUT2D eigenvalue weighted by Crippen LogP contribution is -2.16. The van der Waals surface area contributed by atoms with Gasteiger partial charge in [0.05, 0.1) is 25.6 Å². The lowest BCUT2D eigenvalue weighted by atomic mass is 10.1. The Morgan fingerprint density at radius 3 is 2.55 bits per heavy atom. The summed E-state index contributed by atoms with van der Waals surface area (Å²) in [5, 5.41) is 10.1. The summed E-state index contributed by atoms with van der Waals surface area (Å²) in [5.41, 5.74) is 3.99. The zero-order valence-electron chi connectivity index (χ0n) is 17.7. The molecule has 0 fully saturated rings. The molecule has 8 heteroatoms. The van der Waals surface area contributed by atoms with E-state index < -0.39 is 0 Å². The maximum atomic E-state index is 12.8. The van der Waals surface area contributed by atoms with E-state index in [4.69, 9.17) is 14.5 Å². The standard InChI is InChI=1S/C23H22N4O3S/c1-14-7-5-6-8-17(14)22(28)25-21-11-15(2)26-27(21)23-24-18(13-31-23)16-9-10-19(29-3)20(12-16)30-4/h5-13H,1-4H3,(H,25,28). The summed E-state index contributed by atoms with van der Waals surface area (Å²) >= 11 is 1.44. The van der Waals surface area contributed by atoms with Gasteiger partial charge in [-0.3, -0.25) is 4.79 Å². The highest BCUT2D eigenvalue weighted by Gasteiger charge is 2.17. The van der Waals surface area contributed by atoms with Gasteiger partial charge in [-0.2, -0.15) is 9.78 Å². The van der Waals surface area contributed by atoms with Crippen molar-refractivity contribution in [2.45, 2.75) is 13.8 Å². The molecule has 158 valence electrons. The molecule has 4 rings (SSSR count). The van der Waals surface area contributed by atoms with E-state index in [0.717, 1.165) is 22.5 Å². The van der Waals surface area contributed by atoms with Crippen molar-refractivity contribution in [2.24, 2.45) is 0 Å². The third-order valence-electron chi connectivity index (χ3n) is 4.82. The smallest absolute Gasteiger partial charge is 0.257 e. The van der Waals surface area contributed by atoms with Crippen molar-refractivity contribution in [1.29, 1.82) is 0 Å². The minimum absolute atomic E-state index is 0.184. The van der Waals surface area contributed by atoms with E-state index in [1.165, 1.54) is 11.3 Å². The van der Waals surface area contributed by atoms with E-state index in [9.17, 15) is 4.79 Å². The topological polar surface area (TPSA) is 78.3 Å². The zero-order valence-corrected chi connectivity index (χ0v) is 18.5. The van der Waals surface area contributed by atoms with Gasteiger partial charge in [-0.15, -0.1) is 11.3 Å². The molecule has 1 amide bonds. The summed E-state index contributed by atoms with van der Waals surface area (Å²) in [5.74, 6) is 1.68. The Morgan fingerprint density at radius 2 is 1.81 bits per heavy atom. The molecule has 4 aromatic rings. The van der Waals surface area contributed by atoms with E-state index >= 15 is 0 Å². The van der Waals surface area contributed by atoms with Gasteiger partial charge >= 0.3 is 0 Å². The first-order valence-corrected chi connectivity index (χ1v) is 10.5. The third-order valence-corrected chi connectivity index (χ3v) is 5.63. The van der Waals surface area contributed by atoms with Gasteiger partial charge in [0.1, 0.15) is 5.82 Å². The molecule has 0 saturated carbocycles. The number of hydrogen-bond acceptors (Lipinski definition) is 6. The fourth-order valence-electron chi connectivity index (χ4n) is 3.24. The van der Waals surface area contributed by atoms with Gasteiger partial charge in [0.25, 0.3) is 5.91 Å². The quantitative estimate of drug-likeness (QED) is 0.468. The van der Waals surface area contributed by atoms with Crippen LogP contribution in [0.5, 0.6) is 11.5 Å². The highest BCUT2D eigenvalue weighted by Crippen LogP contribution is 2.33. The summed E-state index contributed by atoms with van der Waals surface area (Å²) in [6, 6.07) is 15.0. The Balaban J connectivity index is 1.64. The van der Waals surface area contributed by atoms with Crippen molar-refractivity contribution in [1.82, 2.24) is 14.8 Å². The lowest BCUT2D eigenvalue weighted by Gasteiger charge is -2.09. The number of thiazole rings is 1. The van der Waals surface area contributed by atoms with E-state index in [1.807, 2.05) is 61.7 Å². The highest BCUT2D eigenvalue weighted by atomic mass is 32.1. The molecule has 0 spiro atoms. The van der Waals surface area contributed by atoms with Crippen molar-refractivity contribution in [3.63, 3.8) is 0 Å². The van der Waals surface area contributed by atoms with Crippen LogP contribution in [0.4, 0.5) is 5.82 Å². The van der Waals surface area contributed by atoms with Crippen LogP contribution >= 0.6 is 11.3 Å². The van der Waals surface area contributed by atoms with Gasteiger partial charge in [0.2, 0.25) is 5.13 Å². The second-order valence-corrected chi connectivity index (χ2v) is 7.77. The zero-order chi connectivity index (χ0) is 22.0. The van der Waals surface area contributed by atoms with Crippen LogP contribution in [-0.4, -0.2) is 34.9 Å². The summed E-state index contributed by atoms with van der Waals surface area (Å²) in [6.07, 6.45) is 0. The van der Waals surface area contributed by atoms with Crippen LogP contribution < -0.4 is 14.8 Å². The molecule has 1 N–H and O–H groups in total. The fourth-order valence-corrected chi connectivity index (χ4v) is 4.03. The number of nitrogens with one attached hydrogen (secondary N) is 1. The Kier molecular flexibility index (Phi) is 5.73. The molecule has 0 aliphatic rings. The molecule has 2 heterocycles. The number of rotatable bonds is 6. The van der Waals surface area contributed by atoms with Crippen molar-refractivity contribution in [2.75, 3.05) is 19.5 Å². The molecule has 0 radical (unpaired) electrons. The number of nitrogens with zero attached hydrogens (tertiary/aromatic N) is 3. The third kappa shape index (κ3) is 4.15. The van der Waals surface area contributed by atoms with Gasteiger partial charge in [-0.05, 0) is 43.7 Å². The van der Waals surface area contributed by atoms with Crippen LogP contribution in [0.15, 0.2) is 53.9 Å². The van der Waals surface area contributed by atoms with E-state index in [0.29, 0.717) is 28.0 Å². The van der Waals surface area contributed by atoms with Crippen LogP contribution in [0.25, 0.3) is 16.4 Å². The molecule has 0 atom stereocenters. The van der Waals surface area contributed by atoms with Gasteiger partial charge in [0, 0.05) is 22.6 Å². The van der Waals surface area contributed by atoms with Gasteiger partial charge in [-0.25, -0.2) is 4.98 Å². The maximum absolute atomic E-state index is 12.8. The number of ether oxygens (including phenoxy) is 2. The molecule has 31 heavy (non-hydrogen) atoms. The van der Waals surface area contributed by atoms with Gasteiger partial charge < -0.3 is 14.8 Å². The fraction of sp³-hybridized carbons (Fsp3) is 0.174. The molecule has 0 bridgehead atoms. The van der Waals surface area contributed by atoms with Crippen LogP contribution in [0.3, 0.4) is 0 Å². The lowest BCUT2D eigenvalue weighted by molar-refractivity contribution is 0.102. The summed E-state index contributed by atoms with van der Waals surface area (Å²) < 4.78 is 12.4. The number of carbonyl (C=O) groups excluding carboxylic acids is 1. The van der Waals surface area contributed by atoms with Crippen molar-refractivity contribution >= 4 is 23.1 Å². The first-order valence-electron chi connectivity index (χ1n) is 9.62. The predicted octanol–water partition coefficient (Wildman–Crippen LogP) is 4.88. The highest BCUT2D eigenvalue weighted by molar-refractivity contribution is 7.12. The molecule has 0 aliphatic carbocycles. The molecule has 2 aromatic carbocycles. The van der Waals surface area contributed by atoms with Crippen LogP contribution in [0.1, 0.15) is 21.6 Å². The first-order chi connectivity index (χ1) is 15.0. The monoisotopic (exact) mass is 434 g/mol. The maximum Gasteiger partial charge on any atom is 0.257 e. The van der Waals surface area contributed by atoms with E-state index in [-0.39, 0.29) is 5.91 Å². The first kappa shape index (κ1) is 20.6. The number of benzene rings is 2. The van der Waals surface area contributed by atoms with Crippen LogP contribution in [-0.2, 0) is 0 Å². The number of amides is 1. The van der Waals surface area contributed by atoms with Crippen LogP contribution in [0.2, 0.25) is 0 Å². The minimum atomic E-state index is -0.184. The molecule has 7 nitrogen and oxygen atoms in total. The van der Waals surface area contributed by atoms with Crippen molar-refractivity contribution in [3.05, 3.63) is 70.7 Å². The number of aromatic nitrogens is 3. The number of carbonyl (C=O) groups is 1. The van der Waals surface area contributed by atoms with E-state index in [1.54, 1.807) is 25.0 Å². The molecular weight excluding hydrogens is 412 g/mol. The predicted molar refractivity (Wildman–Crippen MR) is 122 cm³/mol. The molecular formula is C23H22N4O3S. The summed E-state index contributed by atoms with van der Waals surface area (Å²) in [7, 11) is 3.20. The normalized spacial score (nSPS) is 10.7. The summed E-state index contributed by atoms with van der Waals surface area (Å²) in [6.45, 7) is 3.79. The largest absolute Gasteiger partial charge is 0.493 e. The number of aryl methyl sites for hydroxylation is 2. The Morgan fingerprint density at radius 1 is 1.03 bits per heavy atom. The summed E-state index contributed by atoms with van der Waals surface area (Å²) in [4.78, 5) is 17.5. The Bertz CT molecular complexity index is 1250. The minimum Gasteiger partial charge on any atom is -0.493 e. The Hall–Kier alpha value is -3.65.